The molecule has 0 atom stereocenters. The lowest BCUT2D eigenvalue weighted by atomic mass is 10.1. The second-order valence-electron chi connectivity index (χ2n) is 4.92. The Morgan fingerprint density at radius 2 is 2.00 bits per heavy atom. The highest BCUT2D eigenvalue weighted by Gasteiger charge is 2.13. The number of nitro groups is 1. The molecular weight excluding hydrogens is 288 g/mol. The first-order chi connectivity index (χ1) is 10.6. The lowest BCUT2D eigenvalue weighted by Gasteiger charge is -2.25. The highest BCUT2D eigenvalue weighted by Crippen LogP contribution is 2.12. The van der Waals surface area contributed by atoms with Gasteiger partial charge in [0, 0.05) is 25.2 Å². The summed E-state index contributed by atoms with van der Waals surface area (Å²) in [6.07, 6.45) is 0. The van der Waals surface area contributed by atoms with Gasteiger partial charge in [-0.05, 0) is 24.6 Å². The summed E-state index contributed by atoms with van der Waals surface area (Å²) in [6.45, 7) is 4.75. The summed E-state index contributed by atoms with van der Waals surface area (Å²) in [7, 11) is 0. The van der Waals surface area contributed by atoms with Crippen LogP contribution in [0.25, 0.3) is 0 Å². The van der Waals surface area contributed by atoms with Crippen LogP contribution in [-0.2, 0) is 9.53 Å². The van der Waals surface area contributed by atoms with Crippen LogP contribution in [0.3, 0.4) is 0 Å². The highest BCUT2D eigenvalue weighted by atomic mass is 16.6. The van der Waals surface area contributed by atoms with Crippen LogP contribution in [0.5, 0.6) is 0 Å². The first-order valence-electron chi connectivity index (χ1n) is 6.94. The molecule has 0 aromatic heterocycles. The fourth-order valence-electron chi connectivity index (χ4n) is 2.03. The fraction of sp³-hybridized carbons (Fsp3) is 0.429. The van der Waals surface area contributed by atoms with Crippen LogP contribution in [0.4, 0.5) is 5.69 Å². The molecule has 1 aliphatic rings. The molecule has 0 spiro atoms. The van der Waals surface area contributed by atoms with E-state index in [4.69, 9.17) is 4.74 Å². The molecule has 8 nitrogen and oxygen atoms in total. The van der Waals surface area contributed by atoms with Crippen LogP contribution in [0, 0.1) is 10.1 Å². The number of hydrazone groups is 1. The number of nitrogens with one attached hydrogen (secondary N) is 1. The van der Waals surface area contributed by atoms with Gasteiger partial charge >= 0.3 is 0 Å². The average Bonchev–Trinajstić information content (AvgIpc) is 2.53. The number of carbonyl (C=O) groups excluding carboxylic acids is 1. The van der Waals surface area contributed by atoms with Crippen LogP contribution >= 0.6 is 0 Å². The lowest BCUT2D eigenvalue weighted by Crippen LogP contribution is -2.42. The first-order valence-corrected chi connectivity index (χ1v) is 6.94. The molecule has 1 aromatic rings. The van der Waals surface area contributed by atoms with Gasteiger partial charge in [-0.1, -0.05) is 0 Å². The number of hydrogen-bond donors (Lipinski definition) is 1. The SMILES string of the molecule is CC(=NNC(=O)CN1CCOCC1)c1ccc([N+](=O)[O-])cc1. The lowest BCUT2D eigenvalue weighted by molar-refractivity contribution is -0.384. The predicted molar refractivity (Wildman–Crippen MR) is 80.7 cm³/mol. The maximum Gasteiger partial charge on any atom is 0.269 e. The van der Waals surface area contributed by atoms with E-state index >= 15 is 0 Å². The zero-order chi connectivity index (χ0) is 15.9. The Bertz CT molecular complexity index is 565. The van der Waals surface area contributed by atoms with Gasteiger partial charge in [0.15, 0.2) is 0 Å². The van der Waals surface area contributed by atoms with Crippen LogP contribution in [-0.4, -0.2) is 54.3 Å². The minimum absolute atomic E-state index is 0.0212. The molecule has 1 fully saturated rings. The Labute approximate surface area is 127 Å². The molecule has 1 heterocycles. The van der Waals surface area contributed by atoms with E-state index in [0.29, 0.717) is 18.9 Å². The van der Waals surface area contributed by atoms with Gasteiger partial charge in [-0.25, -0.2) is 5.43 Å². The van der Waals surface area contributed by atoms with Crippen molar-refractivity contribution in [1.82, 2.24) is 10.3 Å². The molecule has 1 amide bonds. The molecule has 1 aliphatic heterocycles. The predicted octanol–water partition coefficient (Wildman–Crippen LogP) is 0.767. The molecule has 1 aromatic carbocycles. The number of non-ortho nitro benzene ring substituents is 1. The van der Waals surface area contributed by atoms with E-state index in [2.05, 4.69) is 10.5 Å². The van der Waals surface area contributed by atoms with Crippen LogP contribution in [0.1, 0.15) is 12.5 Å². The summed E-state index contributed by atoms with van der Waals surface area (Å²) >= 11 is 0. The summed E-state index contributed by atoms with van der Waals surface area (Å²) in [6, 6.07) is 6.02. The van der Waals surface area contributed by atoms with Crippen molar-refractivity contribution in [2.24, 2.45) is 5.10 Å². The maximum atomic E-state index is 11.8. The van der Waals surface area contributed by atoms with Crippen molar-refractivity contribution < 1.29 is 14.5 Å². The monoisotopic (exact) mass is 306 g/mol. The van der Waals surface area contributed by atoms with Gasteiger partial charge < -0.3 is 4.74 Å². The van der Waals surface area contributed by atoms with Gasteiger partial charge in [-0.2, -0.15) is 5.10 Å². The molecule has 0 unspecified atom stereocenters. The molecule has 2 rings (SSSR count). The van der Waals surface area contributed by atoms with Crippen LogP contribution in [0.15, 0.2) is 29.4 Å². The molecule has 1 N–H and O–H groups in total. The molecule has 0 bridgehead atoms. The van der Waals surface area contributed by atoms with E-state index in [9.17, 15) is 14.9 Å². The molecule has 8 heteroatoms. The molecule has 118 valence electrons. The Morgan fingerprint density at radius 1 is 1.36 bits per heavy atom. The minimum Gasteiger partial charge on any atom is -0.379 e. The maximum absolute atomic E-state index is 11.8. The van der Waals surface area contributed by atoms with E-state index in [1.165, 1.54) is 12.1 Å². The fourth-order valence-corrected chi connectivity index (χ4v) is 2.03. The molecule has 0 aliphatic carbocycles. The van der Waals surface area contributed by atoms with Gasteiger partial charge in [-0.15, -0.1) is 0 Å². The van der Waals surface area contributed by atoms with Gasteiger partial charge in [0.1, 0.15) is 0 Å². The normalized spacial score (nSPS) is 16.3. The zero-order valence-electron chi connectivity index (χ0n) is 12.3. The Morgan fingerprint density at radius 3 is 2.59 bits per heavy atom. The molecule has 0 saturated carbocycles. The number of rotatable bonds is 5. The molecule has 1 saturated heterocycles. The van der Waals surface area contributed by atoms with Crippen molar-refractivity contribution in [1.29, 1.82) is 0 Å². The van der Waals surface area contributed by atoms with Gasteiger partial charge in [-0.3, -0.25) is 19.8 Å². The second-order valence-corrected chi connectivity index (χ2v) is 4.92. The third-order valence-electron chi connectivity index (χ3n) is 3.32. The van der Waals surface area contributed by atoms with E-state index in [1.807, 2.05) is 4.90 Å². The second kappa shape index (κ2) is 7.62. The number of nitro benzene ring substituents is 1. The Kier molecular flexibility index (Phi) is 5.56. The number of nitrogens with zero attached hydrogens (tertiary/aromatic N) is 3. The van der Waals surface area contributed by atoms with E-state index in [1.54, 1.807) is 19.1 Å². The standard InChI is InChI=1S/C14H18N4O4/c1-11(12-2-4-13(5-3-12)18(20)21)15-16-14(19)10-17-6-8-22-9-7-17/h2-5H,6-10H2,1H3,(H,16,19). The van der Waals surface area contributed by atoms with E-state index in [-0.39, 0.29) is 18.1 Å². The summed E-state index contributed by atoms with van der Waals surface area (Å²) in [5.41, 5.74) is 3.83. The van der Waals surface area contributed by atoms with Crippen molar-refractivity contribution in [3.63, 3.8) is 0 Å². The van der Waals surface area contributed by atoms with E-state index in [0.717, 1.165) is 18.7 Å². The van der Waals surface area contributed by atoms with Crippen molar-refractivity contribution in [3.05, 3.63) is 39.9 Å². The molecule has 22 heavy (non-hydrogen) atoms. The number of carbonyl (C=O) groups is 1. The van der Waals surface area contributed by atoms with Crippen LogP contribution < -0.4 is 5.43 Å². The summed E-state index contributed by atoms with van der Waals surface area (Å²) in [4.78, 5) is 23.9. The largest absolute Gasteiger partial charge is 0.379 e. The molecular formula is C14H18N4O4. The first kappa shape index (κ1) is 16.1. The van der Waals surface area contributed by atoms with Gasteiger partial charge in [0.25, 0.3) is 11.6 Å². The minimum atomic E-state index is -0.458. The Hall–Kier alpha value is -2.32. The topological polar surface area (TPSA) is 97.1 Å². The Balaban J connectivity index is 1.88. The average molecular weight is 306 g/mol. The number of benzene rings is 1. The third-order valence-corrected chi connectivity index (χ3v) is 3.32. The smallest absolute Gasteiger partial charge is 0.269 e. The molecule has 0 radical (unpaired) electrons. The van der Waals surface area contributed by atoms with Crippen LogP contribution in [0.2, 0.25) is 0 Å². The zero-order valence-corrected chi connectivity index (χ0v) is 12.3. The number of amides is 1. The summed E-state index contributed by atoms with van der Waals surface area (Å²) < 4.78 is 5.21. The van der Waals surface area contributed by atoms with Crippen molar-refractivity contribution in [2.75, 3.05) is 32.8 Å². The van der Waals surface area contributed by atoms with Gasteiger partial charge in [0.2, 0.25) is 0 Å². The third kappa shape index (κ3) is 4.61. The summed E-state index contributed by atoms with van der Waals surface area (Å²) in [5.74, 6) is -0.192. The van der Waals surface area contributed by atoms with Crippen molar-refractivity contribution >= 4 is 17.3 Å². The summed E-state index contributed by atoms with van der Waals surface area (Å²) in [5, 5.41) is 14.6. The number of ether oxygens (including phenoxy) is 1. The number of morpholine rings is 1. The quantitative estimate of drug-likeness (QED) is 0.492. The number of hydrogen-bond acceptors (Lipinski definition) is 6. The van der Waals surface area contributed by atoms with Gasteiger partial charge in [0.05, 0.1) is 30.4 Å². The highest BCUT2D eigenvalue weighted by molar-refractivity contribution is 5.99. The van der Waals surface area contributed by atoms with Crippen molar-refractivity contribution in [3.8, 4) is 0 Å². The van der Waals surface area contributed by atoms with Crippen molar-refractivity contribution in [2.45, 2.75) is 6.92 Å². The van der Waals surface area contributed by atoms with E-state index < -0.39 is 4.92 Å².